The van der Waals surface area contributed by atoms with E-state index in [1.54, 1.807) is 13.8 Å². The molecule has 1 aliphatic rings. The summed E-state index contributed by atoms with van der Waals surface area (Å²) in [5, 5.41) is 10.3. The molecule has 1 saturated heterocycles. The summed E-state index contributed by atoms with van der Waals surface area (Å²) in [5.41, 5.74) is 4.65. The SMILES string of the molecule is CC(C)(O)c1ccc(-c2nc(C3CCN(CC=O)C3)n3c2cnc2[nH]ccc23)cc1. The van der Waals surface area contributed by atoms with Gasteiger partial charge in [0.1, 0.15) is 12.1 Å². The number of aromatic amines is 1. The first kappa shape index (κ1) is 19.0. The van der Waals surface area contributed by atoms with Crippen molar-refractivity contribution in [1.29, 1.82) is 0 Å². The average molecular weight is 403 g/mol. The van der Waals surface area contributed by atoms with Crippen LogP contribution in [0.3, 0.4) is 0 Å². The summed E-state index contributed by atoms with van der Waals surface area (Å²) < 4.78 is 2.20. The summed E-state index contributed by atoms with van der Waals surface area (Å²) >= 11 is 0. The highest BCUT2D eigenvalue weighted by atomic mass is 16.3. The van der Waals surface area contributed by atoms with Gasteiger partial charge < -0.3 is 14.9 Å². The second-order valence-corrected chi connectivity index (χ2v) is 8.56. The molecule has 1 atom stereocenters. The second kappa shape index (κ2) is 7.04. The van der Waals surface area contributed by atoms with Crippen LogP contribution in [0, 0.1) is 0 Å². The van der Waals surface area contributed by atoms with Crippen molar-refractivity contribution in [3.8, 4) is 11.3 Å². The van der Waals surface area contributed by atoms with E-state index in [1.165, 1.54) is 0 Å². The average Bonchev–Trinajstić information content (AvgIpc) is 3.45. The van der Waals surface area contributed by atoms with Crippen LogP contribution >= 0.6 is 0 Å². The molecule has 1 unspecified atom stereocenters. The molecule has 3 aromatic heterocycles. The van der Waals surface area contributed by atoms with Gasteiger partial charge in [0.15, 0.2) is 5.65 Å². The van der Waals surface area contributed by atoms with E-state index in [1.807, 2.05) is 42.7 Å². The first-order chi connectivity index (χ1) is 14.5. The summed E-state index contributed by atoms with van der Waals surface area (Å²) in [6, 6.07) is 9.94. The van der Waals surface area contributed by atoms with Gasteiger partial charge in [-0.2, -0.15) is 0 Å². The lowest BCUT2D eigenvalue weighted by Gasteiger charge is -2.17. The minimum atomic E-state index is -0.884. The van der Waals surface area contributed by atoms with E-state index in [2.05, 4.69) is 19.3 Å². The molecule has 1 fully saturated rings. The molecule has 0 saturated carbocycles. The number of hydrogen-bond acceptors (Lipinski definition) is 5. The Morgan fingerprint density at radius 2 is 2.03 bits per heavy atom. The third-order valence-corrected chi connectivity index (χ3v) is 6.03. The Kier molecular flexibility index (Phi) is 4.45. The smallest absolute Gasteiger partial charge is 0.154 e. The number of benzene rings is 1. The van der Waals surface area contributed by atoms with E-state index in [-0.39, 0.29) is 5.92 Å². The molecular formula is C23H25N5O2. The van der Waals surface area contributed by atoms with Crippen molar-refractivity contribution >= 4 is 23.0 Å². The molecular weight excluding hydrogens is 378 g/mol. The molecule has 1 aliphatic heterocycles. The molecule has 2 N–H and O–H groups in total. The third-order valence-electron chi connectivity index (χ3n) is 6.03. The fourth-order valence-corrected chi connectivity index (χ4v) is 4.42. The Bertz CT molecular complexity index is 1220. The maximum atomic E-state index is 11.0. The zero-order chi connectivity index (χ0) is 20.9. The van der Waals surface area contributed by atoms with Gasteiger partial charge in [0.25, 0.3) is 0 Å². The standard InChI is InChI=1S/C23H25N5O2/c1-23(2,30)17-5-3-15(4-6-17)20-19-13-25-21-18(7-9-24-21)28(19)22(26-20)16-8-10-27(14-16)11-12-29/h3-7,9,12-13,16,24,30H,8,10-11,14H2,1-2H3. The van der Waals surface area contributed by atoms with E-state index >= 15 is 0 Å². The van der Waals surface area contributed by atoms with E-state index < -0.39 is 5.60 Å². The highest BCUT2D eigenvalue weighted by Gasteiger charge is 2.29. The van der Waals surface area contributed by atoms with E-state index in [4.69, 9.17) is 4.98 Å². The highest BCUT2D eigenvalue weighted by Crippen LogP contribution is 2.34. The van der Waals surface area contributed by atoms with Gasteiger partial charge in [-0.25, -0.2) is 9.97 Å². The lowest BCUT2D eigenvalue weighted by Crippen LogP contribution is -2.22. The molecule has 30 heavy (non-hydrogen) atoms. The number of carbonyl (C=O) groups excluding carboxylic acids is 1. The number of nitrogens with one attached hydrogen (secondary N) is 1. The highest BCUT2D eigenvalue weighted by molar-refractivity contribution is 5.84. The van der Waals surface area contributed by atoms with Gasteiger partial charge in [0.05, 0.1) is 35.1 Å². The lowest BCUT2D eigenvalue weighted by molar-refractivity contribution is -0.108. The first-order valence-corrected chi connectivity index (χ1v) is 10.3. The van der Waals surface area contributed by atoms with Crippen molar-refractivity contribution in [2.45, 2.75) is 31.8 Å². The molecule has 5 rings (SSSR count). The van der Waals surface area contributed by atoms with Gasteiger partial charge in [-0.3, -0.25) is 9.30 Å². The number of fused-ring (bicyclic) bond motifs is 3. The molecule has 0 spiro atoms. The number of nitrogens with zero attached hydrogens (tertiary/aromatic N) is 4. The van der Waals surface area contributed by atoms with E-state index in [0.717, 1.165) is 65.1 Å². The van der Waals surface area contributed by atoms with Crippen LogP contribution < -0.4 is 0 Å². The lowest BCUT2D eigenvalue weighted by atomic mass is 9.97. The molecule has 7 heteroatoms. The normalized spacial score (nSPS) is 17.9. The van der Waals surface area contributed by atoms with Gasteiger partial charge in [0, 0.05) is 24.2 Å². The van der Waals surface area contributed by atoms with Crippen LogP contribution in [0.1, 0.15) is 37.6 Å². The Hall–Kier alpha value is -3.03. The number of imidazole rings is 1. The Labute approximate surface area is 174 Å². The molecule has 4 heterocycles. The summed E-state index contributed by atoms with van der Waals surface area (Å²) in [6.45, 7) is 5.75. The number of aromatic nitrogens is 4. The molecule has 154 valence electrons. The van der Waals surface area contributed by atoms with Crippen molar-refractivity contribution in [2.24, 2.45) is 0 Å². The van der Waals surface area contributed by atoms with Crippen molar-refractivity contribution in [1.82, 2.24) is 24.3 Å². The molecule has 1 aromatic carbocycles. The van der Waals surface area contributed by atoms with Crippen LogP contribution in [0.4, 0.5) is 0 Å². The summed E-state index contributed by atoms with van der Waals surface area (Å²) in [7, 11) is 0. The Morgan fingerprint density at radius 3 is 2.77 bits per heavy atom. The van der Waals surface area contributed by atoms with Crippen LogP contribution in [-0.4, -0.2) is 55.3 Å². The number of aliphatic hydroxyl groups is 1. The summed E-state index contributed by atoms with van der Waals surface area (Å²) in [6.07, 6.45) is 5.70. The van der Waals surface area contributed by atoms with Crippen molar-refractivity contribution in [3.05, 3.63) is 54.1 Å². The van der Waals surface area contributed by atoms with Crippen LogP contribution in [-0.2, 0) is 10.4 Å². The van der Waals surface area contributed by atoms with Crippen LogP contribution in [0.5, 0.6) is 0 Å². The predicted octanol–water partition coefficient (Wildman–Crippen LogP) is 3.09. The van der Waals surface area contributed by atoms with Gasteiger partial charge in [-0.1, -0.05) is 24.3 Å². The summed E-state index contributed by atoms with van der Waals surface area (Å²) in [4.78, 5) is 26.0. The maximum absolute atomic E-state index is 11.0. The zero-order valence-electron chi connectivity index (χ0n) is 17.2. The molecule has 7 nitrogen and oxygen atoms in total. The van der Waals surface area contributed by atoms with E-state index in [9.17, 15) is 9.90 Å². The van der Waals surface area contributed by atoms with Gasteiger partial charge in [-0.05, 0) is 38.4 Å². The predicted molar refractivity (Wildman–Crippen MR) is 115 cm³/mol. The second-order valence-electron chi connectivity index (χ2n) is 8.56. The van der Waals surface area contributed by atoms with Crippen LogP contribution in [0.15, 0.2) is 42.7 Å². The Balaban J connectivity index is 1.65. The molecule has 0 bridgehead atoms. The van der Waals surface area contributed by atoms with Crippen LogP contribution in [0.2, 0.25) is 0 Å². The minimum absolute atomic E-state index is 0.252. The maximum Gasteiger partial charge on any atom is 0.154 e. The number of aldehydes is 1. The third kappa shape index (κ3) is 3.11. The largest absolute Gasteiger partial charge is 0.386 e. The quantitative estimate of drug-likeness (QED) is 0.500. The monoisotopic (exact) mass is 403 g/mol. The van der Waals surface area contributed by atoms with E-state index in [0.29, 0.717) is 6.54 Å². The van der Waals surface area contributed by atoms with Gasteiger partial charge in [-0.15, -0.1) is 0 Å². The number of H-pyrrole nitrogens is 1. The van der Waals surface area contributed by atoms with Gasteiger partial charge >= 0.3 is 0 Å². The molecule has 0 radical (unpaired) electrons. The van der Waals surface area contributed by atoms with Gasteiger partial charge in [0.2, 0.25) is 0 Å². The molecule has 4 aromatic rings. The van der Waals surface area contributed by atoms with Crippen molar-refractivity contribution in [2.75, 3.05) is 19.6 Å². The number of carbonyl (C=O) groups is 1. The molecule has 0 aliphatic carbocycles. The fraction of sp³-hybridized carbons (Fsp3) is 0.348. The number of likely N-dealkylation sites (tertiary alicyclic amines) is 1. The minimum Gasteiger partial charge on any atom is -0.386 e. The topological polar surface area (TPSA) is 86.5 Å². The fourth-order valence-electron chi connectivity index (χ4n) is 4.42. The van der Waals surface area contributed by atoms with Crippen molar-refractivity contribution in [3.63, 3.8) is 0 Å². The Morgan fingerprint density at radius 1 is 1.23 bits per heavy atom. The zero-order valence-corrected chi connectivity index (χ0v) is 17.2. The molecule has 0 amide bonds. The van der Waals surface area contributed by atoms with Crippen molar-refractivity contribution < 1.29 is 9.90 Å². The number of rotatable bonds is 5. The first-order valence-electron chi connectivity index (χ1n) is 10.3. The number of hydrogen-bond donors (Lipinski definition) is 2. The van der Waals surface area contributed by atoms with Crippen LogP contribution in [0.25, 0.3) is 27.9 Å². The summed E-state index contributed by atoms with van der Waals surface area (Å²) in [5.74, 6) is 1.26.